The van der Waals surface area contributed by atoms with Gasteiger partial charge in [0.15, 0.2) is 0 Å². The predicted molar refractivity (Wildman–Crippen MR) is 95.5 cm³/mol. The molecule has 7 heteroatoms. The number of rotatable bonds is 7. The quantitative estimate of drug-likeness (QED) is 0.754. The van der Waals surface area contributed by atoms with E-state index in [1.165, 1.54) is 0 Å². The van der Waals surface area contributed by atoms with Crippen LogP contribution in [0.5, 0.6) is 5.75 Å². The molecule has 0 saturated carbocycles. The van der Waals surface area contributed by atoms with Crippen molar-refractivity contribution in [2.75, 3.05) is 19.5 Å². The topological polar surface area (TPSA) is 56.8 Å². The van der Waals surface area contributed by atoms with Crippen LogP contribution in [-0.2, 0) is 20.9 Å². The zero-order chi connectivity index (χ0) is 16.7. The normalized spacial score (nSPS) is 11.4. The van der Waals surface area contributed by atoms with Crippen LogP contribution in [0, 0.1) is 0 Å². The van der Waals surface area contributed by atoms with Gasteiger partial charge in [-0.2, -0.15) is 0 Å². The third-order valence-electron chi connectivity index (χ3n) is 3.02. The van der Waals surface area contributed by atoms with E-state index < -0.39 is 12.6 Å². The SMILES string of the molecule is CCOP(=S)(CNC(=O)Oc1cccc2ccccc12)OCC. The van der Waals surface area contributed by atoms with Gasteiger partial charge in [-0.05, 0) is 37.1 Å². The molecule has 0 atom stereocenters. The van der Waals surface area contributed by atoms with E-state index in [9.17, 15) is 4.79 Å². The monoisotopic (exact) mass is 353 g/mol. The van der Waals surface area contributed by atoms with Gasteiger partial charge in [0.05, 0.1) is 19.5 Å². The summed E-state index contributed by atoms with van der Waals surface area (Å²) in [6.07, 6.45) is -0.442. The largest absolute Gasteiger partial charge is 0.413 e. The summed E-state index contributed by atoms with van der Waals surface area (Å²) in [6.45, 7) is 2.06. The zero-order valence-electron chi connectivity index (χ0n) is 13.2. The molecule has 0 heterocycles. The standard InChI is InChI=1S/C16H20NO4PS/c1-3-19-22(23,20-4-2)12-17-16(18)21-15-11-7-9-13-8-5-6-10-14(13)15/h5-11H,3-4,12H2,1-2H3,(H,17,18). The highest BCUT2D eigenvalue weighted by molar-refractivity contribution is 8.09. The second-order valence-electron chi connectivity index (χ2n) is 4.65. The Bertz CT molecular complexity index is 707. The van der Waals surface area contributed by atoms with Gasteiger partial charge in [0.25, 0.3) is 0 Å². The lowest BCUT2D eigenvalue weighted by atomic mass is 10.1. The average molecular weight is 353 g/mol. The van der Waals surface area contributed by atoms with Crippen LogP contribution in [0.3, 0.4) is 0 Å². The summed E-state index contributed by atoms with van der Waals surface area (Å²) < 4.78 is 16.3. The lowest BCUT2D eigenvalue weighted by Crippen LogP contribution is -2.28. The van der Waals surface area contributed by atoms with Crippen LogP contribution in [0.2, 0.25) is 0 Å². The molecule has 2 aromatic carbocycles. The van der Waals surface area contributed by atoms with Crippen LogP contribution in [0.1, 0.15) is 13.8 Å². The fraction of sp³-hybridized carbons (Fsp3) is 0.312. The Morgan fingerprint density at radius 2 is 1.74 bits per heavy atom. The van der Waals surface area contributed by atoms with Gasteiger partial charge in [-0.25, -0.2) is 4.79 Å². The molecule has 0 fully saturated rings. The maximum atomic E-state index is 12.0. The minimum Gasteiger partial charge on any atom is -0.410 e. The summed E-state index contributed by atoms with van der Waals surface area (Å²) >= 11 is 5.36. The van der Waals surface area contributed by atoms with E-state index >= 15 is 0 Å². The molecule has 1 N–H and O–H groups in total. The van der Waals surface area contributed by atoms with Crippen molar-refractivity contribution < 1.29 is 18.6 Å². The third kappa shape index (κ3) is 5.01. The van der Waals surface area contributed by atoms with Gasteiger partial charge in [-0.3, -0.25) is 0 Å². The molecule has 23 heavy (non-hydrogen) atoms. The molecule has 0 aliphatic carbocycles. The first-order valence-electron chi connectivity index (χ1n) is 7.39. The first-order valence-corrected chi connectivity index (χ1v) is 10.2. The number of carbonyl (C=O) groups is 1. The molecule has 1 amide bonds. The van der Waals surface area contributed by atoms with E-state index in [2.05, 4.69) is 5.32 Å². The molecule has 5 nitrogen and oxygen atoms in total. The molecule has 0 bridgehead atoms. The number of ether oxygens (including phenoxy) is 1. The molecule has 2 aromatic rings. The molecule has 124 valence electrons. The number of hydrogen-bond donors (Lipinski definition) is 1. The predicted octanol–water partition coefficient (Wildman–Crippen LogP) is 4.27. The van der Waals surface area contributed by atoms with E-state index in [0.29, 0.717) is 19.0 Å². The summed E-state index contributed by atoms with van der Waals surface area (Å²) in [5.41, 5.74) is 0. The third-order valence-corrected chi connectivity index (χ3v) is 5.89. The molecular formula is C16H20NO4PS. The van der Waals surface area contributed by atoms with Crippen molar-refractivity contribution >= 4 is 35.2 Å². The number of nitrogens with one attached hydrogen (secondary N) is 1. The summed E-state index contributed by atoms with van der Waals surface area (Å²) in [4.78, 5) is 12.0. The van der Waals surface area contributed by atoms with Gasteiger partial charge in [0.2, 0.25) is 6.49 Å². The number of fused-ring (bicyclic) bond motifs is 1. The number of carbonyl (C=O) groups excluding carboxylic acids is 1. The van der Waals surface area contributed by atoms with Gasteiger partial charge in [0.1, 0.15) is 5.75 Å². The second kappa shape index (κ2) is 8.41. The summed E-state index contributed by atoms with van der Waals surface area (Å²) in [7, 11) is 0. The smallest absolute Gasteiger partial charge is 0.410 e. The van der Waals surface area contributed by atoms with Crippen molar-refractivity contribution in [1.29, 1.82) is 0 Å². The van der Waals surface area contributed by atoms with Gasteiger partial charge in [-0.1, -0.05) is 36.4 Å². The van der Waals surface area contributed by atoms with Crippen molar-refractivity contribution in [2.45, 2.75) is 13.8 Å². The first-order chi connectivity index (χ1) is 11.1. The van der Waals surface area contributed by atoms with Crippen LogP contribution < -0.4 is 10.1 Å². The summed E-state index contributed by atoms with van der Waals surface area (Å²) in [5, 5.41) is 4.52. The first kappa shape index (κ1) is 17.9. The Morgan fingerprint density at radius 3 is 2.43 bits per heavy atom. The van der Waals surface area contributed by atoms with Crippen molar-refractivity contribution in [3.8, 4) is 5.75 Å². The fourth-order valence-corrected chi connectivity index (χ4v) is 4.30. The van der Waals surface area contributed by atoms with Crippen molar-refractivity contribution in [2.24, 2.45) is 0 Å². The summed E-state index contributed by atoms with van der Waals surface area (Å²) in [5.74, 6) is 0.502. The van der Waals surface area contributed by atoms with Crippen molar-refractivity contribution in [3.05, 3.63) is 42.5 Å². The molecule has 0 saturated heterocycles. The number of amides is 1. The Labute approximate surface area is 141 Å². The second-order valence-corrected chi connectivity index (χ2v) is 8.37. The molecular weight excluding hydrogens is 333 g/mol. The number of benzene rings is 2. The lowest BCUT2D eigenvalue weighted by Gasteiger charge is -2.21. The van der Waals surface area contributed by atoms with Gasteiger partial charge in [-0.15, -0.1) is 0 Å². The Hall–Kier alpha value is -1.46. The van der Waals surface area contributed by atoms with E-state index in [-0.39, 0.29) is 6.29 Å². The maximum Gasteiger partial charge on any atom is 0.413 e. The fourth-order valence-electron chi connectivity index (χ4n) is 2.10. The van der Waals surface area contributed by atoms with Crippen molar-refractivity contribution in [3.63, 3.8) is 0 Å². The van der Waals surface area contributed by atoms with Crippen LogP contribution in [0.4, 0.5) is 4.79 Å². The highest BCUT2D eigenvalue weighted by Crippen LogP contribution is 2.47. The molecule has 2 rings (SSSR count). The van der Waals surface area contributed by atoms with Crippen LogP contribution >= 0.6 is 6.49 Å². The number of hydrogen-bond acceptors (Lipinski definition) is 5. The minimum absolute atomic E-state index is 0.133. The van der Waals surface area contributed by atoms with E-state index in [4.69, 9.17) is 25.6 Å². The van der Waals surface area contributed by atoms with E-state index in [1.807, 2.05) is 50.2 Å². The molecule has 0 aliphatic heterocycles. The van der Waals surface area contributed by atoms with Gasteiger partial charge >= 0.3 is 6.09 Å². The lowest BCUT2D eigenvalue weighted by molar-refractivity contribution is 0.200. The van der Waals surface area contributed by atoms with Crippen molar-refractivity contribution in [1.82, 2.24) is 5.32 Å². The van der Waals surface area contributed by atoms with Gasteiger partial charge < -0.3 is 19.1 Å². The molecule has 0 aromatic heterocycles. The van der Waals surface area contributed by atoms with Crippen LogP contribution in [-0.4, -0.2) is 25.6 Å². The maximum absolute atomic E-state index is 12.0. The van der Waals surface area contributed by atoms with Gasteiger partial charge in [0, 0.05) is 5.39 Å². The van der Waals surface area contributed by atoms with Crippen LogP contribution in [0.15, 0.2) is 42.5 Å². The van der Waals surface area contributed by atoms with E-state index in [0.717, 1.165) is 10.8 Å². The molecule has 0 aliphatic rings. The zero-order valence-corrected chi connectivity index (χ0v) is 14.9. The minimum atomic E-state index is -2.50. The molecule has 0 spiro atoms. The summed E-state index contributed by atoms with van der Waals surface area (Å²) in [6, 6.07) is 13.3. The van der Waals surface area contributed by atoms with E-state index in [1.54, 1.807) is 6.07 Å². The Kier molecular flexibility index (Phi) is 6.54. The molecule has 0 unspecified atom stereocenters. The Balaban J connectivity index is 2.03. The Morgan fingerprint density at radius 1 is 1.09 bits per heavy atom. The molecule has 0 radical (unpaired) electrons. The highest BCUT2D eigenvalue weighted by Gasteiger charge is 2.19. The highest BCUT2D eigenvalue weighted by atomic mass is 32.5. The average Bonchev–Trinajstić information content (AvgIpc) is 2.54. The van der Waals surface area contributed by atoms with Crippen LogP contribution in [0.25, 0.3) is 10.8 Å².